The van der Waals surface area contributed by atoms with E-state index in [0.29, 0.717) is 19.3 Å². The highest BCUT2D eigenvalue weighted by Crippen LogP contribution is 2.18. The Morgan fingerprint density at radius 1 is 0.328 bits per heavy atom. The smallest absolute Gasteiger partial charge is 0.306 e. The van der Waals surface area contributed by atoms with Crippen LogP contribution in [0.5, 0.6) is 0 Å². The summed E-state index contributed by atoms with van der Waals surface area (Å²) in [4.78, 5) is 38.0. The number of carbonyl (C=O) groups excluding carboxylic acids is 3. The molecule has 6 heteroatoms. The highest BCUT2D eigenvalue weighted by molar-refractivity contribution is 5.71. The molecule has 0 fully saturated rings. The topological polar surface area (TPSA) is 78.9 Å². The van der Waals surface area contributed by atoms with Crippen LogP contribution >= 0.6 is 0 Å². The number of rotatable bonds is 49. The van der Waals surface area contributed by atoms with Gasteiger partial charge in [-0.25, -0.2) is 0 Å². The van der Waals surface area contributed by atoms with E-state index in [9.17, 15) is 14.4 Å². The quantitative estimate of drug-likeness (QED) is 0.0344. The van der Waals surface area contributed by atoms with E-state index in [0.717, 1.165) is 69.6 Å². The van der Waals surface area contributed by atoms with Crippen LogP contribution in [0.1, 0.15) is 304 Å². The normalized spacial score (nSPS) is 12.9. The minimum Gasteiger partial charge on any atom is -0.462 e. The highest BCUT2D eigenvalue weighted by atomic mass is 16.6. The highest BCUT2D eigenvalue weighted by Gasteiger charge is 2.19. The molecule has 0 heterocycles. The summed E-state index contributed by atoms with van der Waals surface area (Å²) in [5.41, 5.74) is 0. The molecule has 362 valence electrons. The molecule has 0 saturated heterocycles. The largest absolute Gasteiger partial charge is 0.462 e. The van der Waals surface area contributed by atoms with Crippen LogP contribution in [0.3, 0.4) is 0 Å². The van der Waals surface area contributed by atoms with Gasteiger partial charge in [-0.15, -0.1) is 0 Å². The second-order valence-corrected chi connectivity index (χ2v) is 19.4. The molecule has 3 atom stereocenters. The van der Waals surface area contributed by atoms with Crippen LogP contribution < -0.4 is 0 Å². The molecule has 0 spiro atoms. The van der Waals surface area contributed by atoms with Gasteiger partial charge >= 0.3 is 17.9 Å². The SMILES string of the molecule is CCCCCCCCCCCCCC(=O)OC[C@H](COC(=O)CCCCCCCCCCCCC(C)CC)OC(=O)CCCCCCCCCCCCCCCCC(C)CC. The van der Waals surface area contributed by atoms with Crippen LogP contribution in [-0.2, 0) is 28.6 Å². The molecule has 0 amide bonds. The van der Waals surface area contributed by atoms with Crippen LogP contribution in [-0.4, -0.2) is 37.2 Å². The molecule has 0 radical (unpaired) electrons. The van der Waals surface area contributed by atoms with Gasteiger partial charge in [0.2, 0.25) is 0 Å². The van der Waals surface area contributed by atoms with Gasteiger partial charge in [0, 0.05) is 19.3 Å². The first-order valence-corrected chi connectivity index (χ1v) is 27.3. The fraction of sp³-hybridized carbons (Fsp3) is 0.945. The Morgan fingerprint density at radius 3 is 0.852 bits per heavy atom. The molecule has 61 heavy (non-hydrogen) atoms. The Balaban J connectivity index is 4.29. The third kappa shape index (κ3) is 46.2. The van der Waals surface area contributed by atoms with Gasteiger partial charge in [0.25, 0.3) is 0 Å². The number of unbranched alkanes of at least 4 members (excludes halogenated alkanes) is 32. The average Bonchev–Trinajstić information content (AvgIpc) is 3.26. The summed E-state index contributed by atoms with van der Waals surface area (Å²) in [6.07, 6.45) is 49.3. The summed E-state index contributed by atoms with van der Waals surface area (Å²) < 4.78 is 16.8. The van der Waals surface area contributed by atoms with E-state index in [4.69, 9.17) is 14.2 Å². The van der Waals surface area contributed by atoms with E-state index < -0.39 is 6.10 Å². The Kier molecular flexibility index (Phi) is 46.6. The fourth-order valence-electron chi connectivity index (χ4n) is 8.28. The van der Waals surface area contributed by atoms with Crippen LogP contribution in [0, 0.1) is 11.8 Å². The van der Waals surface area contributed by atoms with Crippen molar-refractivity contribution in [2.24, 2.45) is 11.8 Å². The van der Waals surface area contributed by atoms with Crippen molar-refractivity contribution in [2.75, 3.05) is 13.2 Å². The van der Waals surface area contributed by atoms with E-state index >= 15 is 0 Å². The van der Waals surface area contributed by atoms with Gasteiger partial charge in [0.05, 0.1) is 0 Å². The first kappa shape index (κ1) is 59.4. The third-order valence-corrected chi connectivity index (χ3v) is 13.2. The van der Waals surface area contributed by atoms with Crippen LogP contribution in [0.2, 0.25) is 0 Å². The van der Waals surface area contributed by atoms with E-state index in [-0.39, 0.29) is 31.1 Å². The van der Waals surface area contributed by atoms with Gasteiger partial charge in [0.1, 0.15) is 13.2 Å². The first-order chi connectivity index (χ1) is 29.8. The van der Waals surface area contributed by atoms with Crippen molar-refractivity contribution in [3.8, 4) is 0 Å². The van der Waals surface area contributed by atoms with E-state index in [2.05, 4.69) is 34.6 Å². The van der Waals surface area contributed by atoms with Gasteiger partial charge in [-0.05, 0) is 31.1 Å². The maximum atomic E-state index is 12.8. The lowest BCUT2D eigenvalue weighted by Crippen LogP contribution is -2.30. The third-order valence-electron chi connectivity index (χ3n) is 13.2. The molecule has 0 N–H and O–H groups in total. The zero-order chi connectivity index (χ0) is 44.7. The molecular formula is C55H106O6. The molecular weight excluding hydrogens is 757 g/mol. The molecule has 0 aliphatic carbocycles. The first-order valence-electron chi connectivity index (χ1n) is 27.3. The van der Waals surface area contributed by atoms with Gasteiger partial charge in [-0.1, -0.05) is 266 Å². The number of esters is 3. The summed E-state index contributed by atoms with van der Waals surface area (Å²) in [5.74, 6) is 0.919. The minimum atomic E-state index is -0.762. The van der Waals surface area contributed by atoms with Crippen molar-refractivity contribution in [3.05, 3.63) is 0 Å². The van der Waals surface area contributed by atoms with Crippen molar-refractivity contribution in [3.63, 3.8) is 0 Å². The molecule has 2 unspecified atom stereocenters. The standard InChI is InChI=1S/C55H106O6/c1-6-9-10-11-12-13-18-25-30-35-40-45-53(56)59-48-52(49-60-54(57)46-41-36-31-26-22-21-24-29-34-39-44-51(5)8-3)61-55(58)47-42-37-32-27-20-17-15-14-16-19-23-28-33-38-43-50(4)7-2/h50-52H,6-49H2,1-5H3/t50?,51?,52-/m1/s1. The summed E-state index contributed by atoms with van der Waals surface area (Å²) in [6.45, 7) is 11.4. The number of hydrogen-bond acceptors (Lipinski definition) is 6. The van der Waals surface area contributed by atoms with Crippen molar-refractivity contribution < 1.29 is 28.6 Å². The summed E-state index contributed by atoms with van der Waals surface area (Å²) in [7, 11) is 0. The van der Waals surface area contributed by atoms with Crippen LogP contribution in [0.15, 0.2) is 0 Å². The predicted molar refractivity (Wildman–Crippen MR) is 261 cm³/mol. The van der Waals surface area contributed by atoms with Crippen molar-refractivity contribution >= 4 is 17.9 Å². The molecule has 0 aliphatic rings. The number of carbonyl (C=O) groups is 3. The summed E-state index contributed by atoms with van der Waals surface area (Å²) in [5, 5.41) is 0. The average molecular weight is 863 g/mol. The monoisotopic (exact) mass is 863 g/mol. The molecule has 0 aromatic rings. The molecule has 0 rings (SSSR count). The maximum Gasteiger partial charge on any atom is 0.306 e. The van der Waals surface area contributed by atoms with Crippen molar-refractivity contribution in [2.45, 2.75) is 310 Å². The van der Waals surface area contributed by atoms with Crippen molar-refractivity contribution in [1.82, 2.24) is 0 Å². The Hall–Kier alpha value is -1.59. The van der Waals surface area contributed by atoms with E-state index in [1.54, 1.807) is 0 Å². The van der Waals surface area contributed by atoms with E-state index in [1.807, 2.05) is 0 Å². The molecule has 0 bridgehead atoms. The van der Waals surface area contributed by atoms with Gasteiger partial charge in [-0.3, -0.25) is 14.4 Å². The van der Waals surface area contributed by atoms with Crippen LogP contribution in [0.25, 0.3) is 0 Å². The minimum absolute atomic E-state index is 0.0634. The van der Waals surface area contributed by atoms with Gasteiger partial charge in [-0.2, -0.15) is 0 Å². The summed E-state index contributed by atoms with van der Waals surface area (Å²) in [6, 6.07) is 0. The maximum absolute atomic E-state index is 12.8. The Labute approximate surface area is 380 Å². The van der Waals surface area contributed by atoms with Gasteiger partial charge < -0.3 is 14.2 Å². The zero-order valence-electron chi connectivity index (χ0n) is 41.8. The fourth-order valence-corrected chi connectivity index (χ4v) is 8.28. The predicted octanol–water partition coefficient (Wildman–Crippen LogP) is 17.7. The lowest BCUT2D eigenvalue weighted by atomic mass is 9.99. The molecule has 0 saturated carbocycles. The second-order valence-electron chi connectivity index (χ2n) is 19.4. The zero-order valence-corrected chi connectivity index (χ0v) is 41.8. The second kappa shape index (κ2) is 47.9. The number of hydrogen-bond donors (Lipinski definition) is 0. The molecule has 0 aliphatic heterocycles. The lowest BCUT2D eigenvalue weighted by Gasteiger charge is -2.18. The Morgan fingerprint density at radius 2 is 0.574 bits per heavy atom. The molecule has 0 aromatic heterocycles. The lowest BCUT2D eigenvalue weighted by molar-refractivity contribution is -0.167. The molecule has 6 nitrogen and oxygen atoms in total. The van der Waals surface area contributed by atoms with Gasteiger partial charge in [0.15, 0.2) is 6.10 Å². The van der Waals surface area contributed by atoms with Crippen LogP contribution in [0.4, 0.5) is 0 Å². The Bertz CT molecular complexity index is 935. The summed E-state index contributed by atoms with van der Waals surface area (Å²) >= 11 is 0. The van der Waals surface area contributed by atoms with E-state index in [1.165, 1.54) is 193 Å². The molecule has 0 aromatic carbocycles. The number of ether oxygens (including phenoxy) is 3. The van der Waals surface area contributed by atoms with Crippen molar-refractivity contribution in [1.29, 1.82) is 0 Å².